The third-order valence-electron chi connectivity index (χ3n) is 5.56. The van der Waals surface area contributed by atoms with Crippen LogP contribution in [0.2, 0.25) is 0 Å². The summed E-state index contributed by atoms with van der Waals surface area (Å²) in [5, 5.41) is 5.65. The van der Waals surface area contributed by atoms with Crippen molar-refractivity contribution in [3.63, 3.8) is 0 Å². The van der Waals surface area contributed by atoms with Crippen molar-refractivity contribution in [2.45, 2.75) is 18.9 Å². The topological polar surface area (TPSA) is 78.5 Å². The van der Waals surface area contributed by atoms with E-state index in [2.05, 4.69) is 10.6 Å². The summed E-state index contributed by atoms with van der Waals surface area (Å²) >= 11 is 0. The molecule has 0 unspecified atom stereocenters. The van der Waals surface area contributed by atoms with Gasteiger partial charge in [-0.2, -0.15) is 0 Å². The number of hydrogen-bond acceptors (Lipinski definition) is 3. The Bertz CT molecular complexity index is 1120. The van der Waals surface area contributed by atoms with Crippen LogP contribution in [0.15, 0.2) is 84.9 Å². The Balaban J connectivity index is 1.54. The number of hydrogen-bond donors (Lipinski definition) is 2. The molecule has 3 aromatic carbocycles. The Hall–Kier alpha value is -3.93. The first-order valence-electron chi connectivity index (χ1n) is 10.2. The minimum absolute atomic E-state index is 0.359. The molecule has 4 rings (SSSR count). The number of imide groups is 1. The fraction of sp³-hybridized carbons (Fsp3) is 0.160. The molecule has 1 heterocycles. The smallest absolute Gasteiger partial charge is 0.324 e. The van der Waals surface area contributed by atoms with Gasteiger partial charge in [0.05, 0.1) is 0 Å². The number of carbonyl (C=O) groups excluding carboxylic acids is 3. The van der Waals surface area contributed by atoms with Crippen molar-refractivity contribution in [2.24, 2.45) is 0 Å². The number of nitrogens with zero attached hydrogens (tertiary/aromatic N) is 1. The number of carbonyl (C=O) groups is 3. The predicted molar refractivity (Wildman–Crippen MR) is 119 cm³/mol. The average Bonchev–Trinajstić information content (AvgIpc) is 3.05. The molecule has 0 radical (unpaired) electrons. The lowest BCUT2D eigenvalue weighted by molar-refractivity contribution is -0.134. The molecule has 1 fully saturated rings. The second-order valence-corrected chi connectivity index (χ2v) is 7.41. The summed E-state index contributed by atoms with van der Waals surface area (Å²) in [4.78, 5) is 39.6. The van der Waals surface area contributed by atoms with Crippen LogP contribution < -0.4 is 10.6 Å². The second kappa shape index (κ2) is 8.44. The van der Waals surface area contributed by atoms with Crippen molar-refractivity contribution in [1.82, 2.24) is 10.2 Å². The monoisotopic (exact) mass is 413 g/mol. The highest BCUT2D eigenvalue weighted by molar-refractivity contribution is 6.10. The van der Waals surface area contributed by atoms with Crippen molar-refractivity contribution in [2.75, 3.05) is 11.9 Å². The van der Waals surface area contributed by atoms with Crippen LogP contribution in [0.5, 0.6) is 0 Å². The van der Waals surface area contributed by atoms with E-state index in [1.165, 1.54) is 0 Å². The van der Waals surface area contributed by atoms with Crippen molar-refractivity contribution in [1.29, 1.82) is 0 Å². The van der Waals surface area contributed by atoms with Gasteiger partial charge in [0.15, 0.2) is 0 Å². The minimum Gasteiger partial charge on any atom is -0.324 e. The largest absolute Gasteiger partial charge is 0.325 e. The standard InChI is InChI=1S/C25H23N3O3/c1-2-25(19-13-7-4-8-14-19)23(30)28(24(31)27-25)17-22(29)26-21-16-10-9-15-20(21)18-11-5-3-6-12-18/h3-16H,2,17H2,1H3,(H,26,29)(H,27,31)/t25-/m0/s1. The molecular formula is C25H23N3O3. The van der Waals surface area contributed by atoms with Gasteiger partial charge in [0.1, 0.15) is 12.1 Å². The maximum atomic E-state index is 13.2. The Morgan fingerprint density at radius 2 is 1.52 bits per heavy atom. The van der Waals surface area contributed by atoms with E-state index in [4.69, 9.17) is 0 Å². The van der Waals surface area contributed by atoms with E-state index in [1.54, 1.807) is 18.2 Å². The van der Waals surface area contributed by atoms with Crippen LogP contribution in [0.1, 0.15) is 18.9 Å². The number of benzene rings is 3. The lowest BCUT2D eigenvalue weighted by atomic mass is 9.87. The van der Waals surface area contributed by atoms with Gasteiger partial charge in [-0.05, 0) is 23.6 Å². The van der Waals surface area contributed by atoms with Gasteiger partial charge in [0.2, 0.25) is 5.91 Å². The zero-order valence-corrected chi connectivity index (χ0v) is 17.2. The van der Waals surface area contributed by atoms with E-state index < -0.39 is 23.4 Å². The molecule has 1 saturated heterocycles. The summed E-state index contributed by atoms with van der Waals surface area (Å²) in [7, 11) is 0. The summed E-state index contributed by atoms with van der Waals surface area (Å²) in [5.41, 5.74) is 1.99. The molecule has 6 nitrogen and oxygen atoms in total. The molecule has 0 aromatic heterocycles. The van der Waals surface area contributed by atoms with Gasteiger partial charge >= 0.3 is 6.03 Å². The third-order valence-corrected chi connectivity index (χ3v) is 5.56. The number of urea groups is 1. The molecule has 0 spiro atoms. The van der Waals surface area contributed by atoms with E-state index in [-0.39, 0.29) is 6.54 Å². The molecule has 0 saturated carbocycles. The fourth-order valence-corrected chi connectivity index (χ4v) is 3.93. The number of anilines is 1. The van der Waals surface area contributed by atoms with E-state index in [9.17, 15) is 14.4 Å². The van der Waals surface area contributed by atoms with Crippen LogP contribution in [0.25, 0.3) is 11.1 Å². The molecule has 1 aliphatic heterocycles. The van der Waals surface area contributed by atoms with Crippen molar-refractivity contribution in [3.8, 4) is 11.1 Å². The molecule has 4 amide bonds. The molecule has 3 aromatic rings. The van der Waals surface area contributed by atoms with Crippen molar-refractivity contribution in [3.05, 3.63) is 90.5 Å². The Morgan fingerprint density at radius 3 is 2.19 bits per heavy atom. The van der Waals surface area contributed by atoms with Crippen LogP contribution in [0.3, 0.4) is 0 Å². The van der Waals surface area contributed by atoms with Gasteiger partial charge in [-0.15, -0.1) is 0 Å². The van der Waals surface area contributed by atoms with E-state index in [0.717, 1.165) is 16.0 Å². The van der Waals surface area contributed by atoms with Crippen LogP contribution in [0, 0.1) is 0 Å². The number of amides is 4. The van der Waals surface area contributed by atoms with E-state index in [1.807, 2.05) is 73.7 Å². The maximum Gasteiger partial charge on any atom is 0.325 e. The Kier molecular flexibility index (Phi) is 5.54. The normalized spacial score (nSPS) is 18.0. The van der Waals surface area contributed by atoms with Crippen LogP contribution >= 0.6 is 0 Å². The molecule has 1 atom stereocenters. The predicted octanol–water partition coefficient (Wildman–Crippen LogP) is 4.15. The lowest BCUT2D eigenvalue weighted by Gasteiger charge is -2.25. The molecular weight excluding hydrogens is 390 g/mol. The lowest BCUT2D eigenvalue weighted by Crippen LogP contribution is -2.44. The van der Waals surface area contributed by atoms with E-state index >= 15 is 0 Å². The van der Waals surface area contributed by atoms with Crippen LogP contribution in [0.4, 0.5) is 10.5 Å². The highest BCUT2D eigenvalue weighted by atomic mass is 16.2. The number of para-hydroxylation sites is 1. The van der Waals surface area contributed by atoms with Gasteiger partial charge in [-0.1, -0.05) is 85.8 Å². The van der Waals surface area contributed by atoms with Crippen LogP contribution in [-0.2, 0) is 15.1 Å². The van der Waals surface area contributed by atoms with Gasteiger partial charge in [0.25, 0.3) is 5.91 Å². The molecule has 0 bridgehead atoms. The molecule has 31 heavy (non-hydrogen) atoms. The highest BCUT2D eigenvalue weighted by Crippen LogP contribution is 2.32. The van der Waals surface area contributed by atoms with Crippen molar-refractivity contribution < 1.29 is 14.4 Å². The SMILES string of the molecule is CC[C@@]1(c2ccccc2)NC(=O)N(CC(=O)Nc2ccccc2-c2ccccc2)C1=O. The summed E-state index contributed by atoms with van der Waals surface area (Å²) in [5.74, 6) is -0.857. The highest BCUT2D eigenvalue weighted by Gasteiger charge is 2.51. The molecule has 1 aliphatic rings. The minimum atomic E-state index is -1.15. The third kappa shape index (κ3) is 3.80. The van der Waals surface area contributed by atoms with E-state index in [0.29, 0.717) is 17.7 Å². The maximum absolute atomic E-state index is 13.2. The van der Waals surface area contributed by atoms with Gasteiger partial charge in [-0.3, -0.25) is 14.5 Å². The number of nitrogens with one attached hydrogen (secondary N) is 2. The van der Waals surface area contributed by atoms with Gasteiger partial charge in [-0.25, -0.2) is 4.79 Å². The Labute approximate surface area is 180 Å². The second-order valence-electron chi connectivity index (χ2n) is 7.41. The zero-order chi connectivity index (χ0) is 21.8. The first-order valence-corrected chi connectivity index (χ1v) is 10.2. The Morgan fingerprint density at radius 1 is 0.903 bits per heavy atom. The van der Waals surface area contributed by atoms with Gasteiger partial charge in [0, 0.05) is 11.3 Å². The molecule has 6 heteroatoms. The summed E-state index contributed by atoms with van der Waals surface area (Å²) < 4.78 is 0. The first kappa shape index (κ1) is 20.3. The summed E-state index contributed by atoms with van der Waals surface area (Å²) in [6, 6.07) is 25.7. The first-order chi connectivity index (χ1) is 15.0. The molecule has 2 N–H and O–H groups in total. The average molecular weight is 413 g/mol. The number of rotatable bonds is 6. The molecule has 156 valence electrons. The fourth-order valence-electron chi connectivity index (χ4n) is 3.93. The molecule has 0 aliphatic carbocycles. The quantitative estimate of drug-likeness (QED) is 0.596. The zero-order valence-electron chi connectivity index (χ0n) is 17.2. The van der Waals surface area contributed by atoms with Crippen LogP contribution in [-0.4, -0.2) is 29.3 Å². The summed E-state index contributed by atoms with van der Waals surface area (Å²) in [6.45, 7) is 1.48. The summed E-state index contributed by atoms with van der Waals surface area (Å²) in [6.07, 6.45) is 0.385. The van der Waals surface area contributed by atoms with Gasteiger partial charge < -0.3 is 10.6 Å². The van der Waals surface area contributed by atoms with Crippen molar-refractivity contribution >= 4 is 23.5 Å².